The van der Waals surface area contributed by atoms with Crippen LogP contribution >= 0.6 is 7.82 Å². The summed E-state index contributed by atoms with van der Waals surface area (Å²) in [6.45, 7) is 1.63. The lowest BCUT2D eigenvalue weighted by Gasteiger charge is -2.29. The van der Waals surface area contributed by atoms with Gasteiger partial charge in [-0.3, -0.25) is 9.05 Å². The van der Waals surface area contributed by atoms with Crippen molar-refractivity contribution in [2.45, 2.75) is 25.6 Å². The highest BCUT2D eigenvalue weighted by Gasteiger charge is 2.36. The number of hydrogen-bond acceptors (Lipinski definition) is 4. The third-order valence-electron chi connectivity index (χ3n) is 1.51. The molecule has 0 aromatic rings. The molecule has 0 spiro atoms. The van der Waals surface area contributed by atoms with Gasteiger partial charge in [0.05, 0.1) is 12.7 Å². The molecule has 0 saturated carbocycles. The van der Waals surface area contributed by atoms with Gasteiger partial charge >= 0.3 is 7.82 Å². The number of phosphoric ester groups is 1. The maximum absolute atomic E-state index is 10.7. The lowest BCUT2D eigenvalue weighted by atomic mass is 10.2. The Bertz CT molecular complexity index is 182. The molecule has 5 nitrogen and oxygen atoms in total. The molecule has 1 aliphatic rings. The van der Waals surface area contributed by atoms with Crippen molar-refractivity contribution in [3.05, 3.63) is 0 Å². The second-order valence-electron chi connectivity index (χ2n) is 2.38. The summed E-state index contributed by atoms with van der Waals surface area (Å²) in [5.74, 6) is 0. The number of hydrogen-bond donors (Lipinski definition) is 2. The summed E-state index contributed by atoms with van der Waals surface area (Å²) < 4.78 is 19.7. The topological polar surface area (TPSA) is 76.0 Å². The van der Waals surface area contributed by atoms with E-state index in [0.717, 1.165) is 0 Å². The lowest BCUT2D eigenvalue weighted by molar-refractivity contribution is -0.0560. The molecule has 3 atom stereocenters. The Kier molecular flexibility index (Phi) is 2.67. The molecule has 0 amide bonds. The Morgan fingerprint density at radius 1 is 1.73 bits per heavy atom. The van der Waals surface area contributed by atoms with Gasteiger partial charge in [-0.25, -0.2) is 4.57 Å². The quantitative estimate of drug-likeness (QED) is 0.569. The van der Waals surface area contributed by atoms with Crippen molar-refractivity contribution in [3.8, 4) is 0 Å². The van der Waals surface area contributed by atoms with Gasteiger partial charge in [-0.1, -0.05) is 6.92 Å². The molecule has 1 fully saturated rings. The highest BCUT2D eigenvalue weighted by atomic mass is 31.2. The van der Waals surface area contributed by atoms with E-state index in [1.165, 1.54) is 0 Å². The van der Waals surface area contributed by atoms with Crippen LogP contribution in [0.15, 0.2) is 0 Å². The molecule has 1 heterocycles. The van der Waals surface area contributed by atoms with E-state index in [-0.39, 0.29) is 6.61 Å². The summed E-state index contributed by atoms with van der Waals surface area (Å²) in [5, 5.41) is 9.12. The minimum Gasteiger partial charge on any atom is -0.388 e. The van der Waals surface area contributed by atoms with E-state index in [4.69, 9.17) is 10.00 Å². The summed E-state index contributed by atoms with van der Waals surface area (Å²) in [4.78, 5) is 8.79. The predicted molar refractivity (Wildman–Crippen MR) is 36.9 cm³/mol. The third kappa shape index (κ3) is 2.25. The van der Waals surface area contributed by atoms with Gasteiger partial charge in [0.2, 0.25) is 0 Å². The van der Waals surface area contributed by atoms with Gasteiger partial charge in [-0.2, -0.15) is 0 Å². The maximum Gasteiger partial charge on any atom is 0.472 e. The first-order chi connectivity index (χ1) is 5.05. The minimum absolute atomic E-state index is 0.133. The predicted octanol–water partition coefficient (Wildman–Crippen LogP) is 0.273. The molecule has 1 saturated heterocycles. The van der Waals surface area contributed by atoms with E-state index < -0.39 is 20.0 Å². The van der Waals surface area contributed by atoms with Gasteiger partial charge in [0.1, 0.15) is 6.10 Å². The van der Waals surface area contributed by atoms with Crippen molar-refractivity contribution in [1.29, 1.82) is 0 Å². The van der Waals surface area contributed by atoms with Crippen molar-refractivity contribution < 1.29 is 23.6 Å². The Balaban J connectivity index is 2.58. The molecule has 0 bridgehead atoms. The molecular formula is C5H11O5P. The van der Waals surface area contributed by atoms with E-state index >= 15 is 0 Å². The van der Waals surface area contributed by atoms with Crippen LogP contribution in [-0.2, 0) is 13.6 Å². The molecule has 66 valence electrons. The average Bonchev–Trinajstić information content (AvgIpc) is 1.94. The van der Waals surface area contributed by atoms with Crippen LogP contribution in [0.2, 0.25) is 0 Å². The van der Waals surface area contributed by atoms with Gasteiger partial charge in [-0.15, -0.1) is 0 Å². The summed E-state index contributed by atoms with van der Waals surface area (Å²) in [6, 6.07) is 0. The van der Waals surface area contributed by atoms with E-state index in [1.54, 1.807) is 6.92 Å². The second-order valence-corrected chi connectivity index (χ2v) is 3.79. The first-order valence-corrected chi connectivity index (χ1v) is 4.88. The van der Waals surface area contributed by atoms with Crippen LogP contribution in [0.25, 0.3) is 0 Å². The van der Waals surface area contributed by atoms with Gasteiger partial charge in [-0.05, 0) is 6.42 Å². The second kappa shape index (κ2) is 3.21. The minimum atomic E-state index is -3.86. The molecule has 3 unspecified atom stereocenters. The number of rotatable bonds is 1. The van der Waals surface area contributed by atoms with Gasteiger partial charge in [0, 0.05) is 0 Å². The fourth-order valence-corrected chi connectivity index (χ4v) is 1.93. The summed E-state index contributed by atoms with van der Waals surface area (Å²) in [5.41, 5.74) is 0. The van der Waals surface area contributed by atoms with E-state index in [0.29, 0.717) is 6.42 Å². The molecule has 2 N–H and O–H groups in total. The van der Waals surface area contributed by atoms with E-state index in [2.05, 4.69) is 9.05 Å². The smallest absolute Gasteiger partial charge is 0.388 e. The van der Waals surface area contributed by atoms with Crippen LogP contribution in [0.4, 0.5) is 0 Å². The Morgan fingerprint density at radius 2 is 2.36 bits per heavy atom. The van der Waals surface area contributed by atoms with Crippen LogP contribution < -0.4 is 0 Å². The fraction of sp³-hybridized carbons (Fsp3) is 1.00. The molecule has 1 rings (SSSR count). The van der Waals surface area contributed by atoms with Crippen LogP contribution in [0, 0.1) is 0 Å². The van der Waals surface area contributed by atoms with Crippen LogP contribution in [0.5, 0.6) is 0 Å². The summed E-state index contributed by atoms with van der Waals surface area (Å²) in [7, 11) is -3.86. The van der Waals surface area contributed by atoms with Gasteiger partial charge in [0.15, 0.2) is 0 Å². The van der Waals surface area contributed by atoms with Crippen LogP contribution in [0.3, 0.4) is 0 Å². The maximum atomic E-state index is 10.7. The Labute approximate surface area is 64.6 Å². The van der Waals surface area contributed by atoms with Crippen LogP contribution in [-0.4, -0.2) is 28.8 Å². The molecule has 1 aliphatic heterocycles. The largest absolute Gasteiger partial charge is 0.472 e. The molecule has 0 aromatic carbocycles. The zero-order valence-corrected chi connectivity index (χ0v) is 7.03. The monoisotopic (exact) mass is 182 g/mol. The summed E-state index contributed by atoms with van der Waals surface area (Å²) in [6.07, 6.45) is -0.886. The summed E-state index contributed by atoms with van der Waals surface area (Å²) >= 11 is 0. The lowest BCUT2D eigenvalue weighted by Crippen LogP contribution is -2.35. The molecule has 0 radical (unpaired) electrons. The van der Waals surface area contributed by atoms with E-state index in [9.17, 15) is 4.57 Å². The zero-order chi connectivity index (χ0) is 8.48. The first kappa shape index (κ1) is 9.16. The van der Waals surface area contributed by atoms with Crippen molar-refractivity contribution in [3.63, 3.8) is 0 Å². The van der Waals surface area contributed by atoms with Crippen molar-refractivity contribution in [2.75, 3.05) is 6.61 Å². The highest BCUT2D eigenvalue weighted by Crippen LogP contribution is 2.48. The van der Waals surface area contributed by atoms with Crippen molar-refractivity contribution >= 4 is 7.82 Å². The third-order valence-corrected chi connectivity index (χ3v) is 2.52. The number of aliphatic hydroxyl groups excluding tert-OH is 1. The molecular weight excluding hydrogens is 171 g/mol. The van der Waals surface area contributed by atoms with Crippen molar-refractivity contribution in [2.24, 2.45) is 0 Å². The zero-order valence-electron chi connectivity index (χ0n) is 6.14. The number of phosphoric acid groups is 1. The molecule has 0 aromatic heterocycles. The Hall–Kier alpha value is 0.0700. The van der Waals surface area contributed by atoms with Gasteiger partial charge < -0.3 is 10.00 Å². The van der Waals surface area contributed by atoms with Gasteiger partial charge in [0.25, 0.3) is 0 Å². The molecule has 0 aliphatic carbocycles. The highest BCUT2D eigenvalue weighted by molar-refractivity contribution is 7.47. The SMILES string of the molecule is CCC1OP(=O)(O)OCC1O. The fourth-order valence-electron chi connectivity index (χ4n) is 0.896. The molecule has 11 heavy (non-hydrogen) atoms. The first-order valence-electron chi connectivity index (χ1n) is 3.39. The normalized spacial score (nSPS) is 45.7. The Morgan fingerprint density at radius 3 is 2.82 bits per heavy atom. The molecule has 6 heteroatoms. The van der Waals surface area contributed by atoms with Crippen molar-refractivity contribution in [1.82, 2.24) is 0 Å². The average molecular weight is 182 g/mol. The number of aliphatic hydroxyl groups is 1. The van der Waals surface area contributed by atoms with Crippen LogP contribution in [0.1, 0.15) is 13.3 Å². The standard InChI is InChI=1S/C5H11O5P/c1-2-5-4(6)3-9-11(7,8)10-5/h4-6H,2-3H2,1H3,(H,7,8). The van der Waals surface area contributed by atoms with E-state index in [1.807, 2.05) is 0 Å².